The van der Waals surface area contributed by atoms with Crippen LogP contribution in [0.5, 0.6) is 0 Å². The summed E-state index contributed by atoms with van der Waals surface area (Å²) >= 11 is 0. The van der Waals surface area contributed by atoms with Crippen molar-refractivity contribution in [2.24, 2.45) is 47.0 Å². The topological polar surface area (TPSA) is 422 Å². The van der Waals surface area contributed by atoms with Crippen molar-refractivity contribution in [2.45, 2.75) is 219 Å². The van der Waals surface area contributed by atoms with Gasteiger partial charge in [-0.1, -0.05) is 41.5 Å². The molecule has 10 unspecified atom stereocenters. The lowest BCUT2D eigenvalue weighted by atomic mass is 9.82. The summed E-state index contributed by atoms with van der Waals surface area (Å²) in [6.07, 6.45) is -24.4. The van der Waals surface area contributed by atoms with Crippen molar-refractivity contribution in [1.82, 2.24) is 16.0 Å². The van der Waals surface area contributed by atoms with Gasteiger partial charge in [-0.15, -0.1) is 0 Å². The number of ketones is 1. The van der Waals surface area contributed by atoms with Crippen LogP contribution in [0.3, 0.4) is 0 Å². The van der Waals surface area contributed by atoms with Crippen LogP contribution < -0.4 is 27.4 Å². The summed E-state index contributed by atoms with van der Waals surface area (Å²) in [6, 6.07) is -2.43. The van der Waals surface area contributed by atoms with Crippen LogP contribution in [0.1, 0.15) is 103 Å². The number of hydrogen-bond donors (Lipinski definition) is 8. The number of esters is 3. The minimum absolute atomic E-state index is 0.00113. The Morgan fingerprint density at radius 1 is 0.602 bits per heavy atom. The number of carbonyl (C=O) groups excluding carboxylic acids is 9. The Balaban J connectivity index is 1.37. The molecule has 25 atom stereocenters. The molecule has 1 aliphatic carbocycles. The van der Waals surface area contributed by atoms with Crippen LogP contribution in [0.4, 0.5) is 4.79 Å². The van der Waals surface area contributed by atoms with Crippen LogP contribution in [0.2, 0.25) is 0 Å². The van der Waals surface area contributed by atoms with Gasteiger partial charge in [-0.05, 0) is 25.7 Å². The minimum atomic E-state index is -2.51. The van der Waals surface area contributed by atoms with Crippen LogP contribution in [-0.4, -0.2) is 198 Å². The van der Waals surface area contributed by atoms with Gasteiger partial charge in [0, 0.05) is 71.1 Å². The second kappa shape index (κ2) is 27.6. The highest BCUT2D eigenvalue weighted by molar-refractivity contribution is 6.02. The van der Waals surface area contributed by atoms with Crippen LogP contribution in [0.25, 0.3) is 0 Å². The monoisotopic (exact) mass is 1190 g/mol. The Morgan fingerprint density at radius 3 is 1.66 bits per heavy atom. The number of carbonyl (C=O) groups is 9. The Morgan fingerprint density at radius 2 is 1.13 bits per heavy atom. The molecule has 6 aliphatic rings. The number of Topliss-reactive ketones (excluding diaryl/α,β-unsaturated/α-hetero) is 1. The largest absolute Gasteiger partial charge is 0.510 e. The smallest absolute Gasteiger partial charge is 0.404 e. The summed E-state index contributed by atoms with van der Waals surface area (Å²) < 4.78 is 79.7. The molecule has 0 radical (unpaired) electrons. The Kier molecular flexibility index (Phi) is 22.1. The van der Waals surface area contributed by atoms with Crippen LogP contribution in [0.15, 0.2) is 11.5 Å². The first kappa shape index (κ1) is 66.5. The molecule has 0 aromatic rings. The van der Waals surface area contributed by atoms with E-state index in [9.17, 15) is 58.5 Å². The van der Waals surface area contributed by atoms with Gasteiger partial charge in [-0.3, -0.25) is 38.4 Å². The maximum absolute atomic E-state index is 13.8. The molecule has 5 fully saturated rings. The summed E-state index contributed by atoms with van der Waals surface area (Å²) in [6.45, 7) is 18.2. The number of hydrogen-bond acceptors (Lipinski definition) is 25. The average molecular weight is 1190 g/mol. The summed E-state index contributed by atoms with van der Waals surface area (Å²) in [5, 5.41) is 41.5. The van der Waals surface area contributed by atoms with E-state index in [-0.39, 0.29) is 36.8 Å². The van der Waals surface area contributed by atoms with Crippen molar-refractivity contribution in [1.29, 1.82) is 0 Å². The number of ether oxygens (including phenoxy) is 13. The third kappa shape index (κ3) is 15.4. The predicted octanol–water partition coefficient (Wildman–Crippen LogP) is -1.00. The zero-order valence-corrected chi connectivity index (χ0v) is 48.7. The second-order valence-corrected chi connectivity index (χ2v) is 22.5. The molecule has 5 heterocycles. The highest BCUT2D eigenvalue weighted by atomic mass is 16.8. The van der Waals surface area contributed by atoms with E-state index in [1.807, 2.05) is 6.92 Å². The molecule has 5 amide bonds. The number of allylic oxidation sites excluding steroid dienone is 2. The highest BCUT2D eigenvalue weighted by Gasteiger charge is 2.60. The third-order valence-electron chi connectivity index (χ3n) is 16.3. The summed E-state index contributed by atoms with van der Waals surface area (Å²) in [4.78, 5) is 115. The van der Waals surface area contributed by atoms with Crippen LogP contribution in [-0.2, 0) is 99.9 Å². The fraction of sp³-hybridized carbons (Fsp3) is 0.792. The Labute approximate surface area is 479 Å². The summed E-state index contributed by atoms with van der Waals surface area (Å²) in [7, 11) is 0. The molecule has 5 saturated heterocycles. The van der Waals surface area contributed by atoms with Gasteiger partial charge in [0.2, 0.25) is 17.7 Å². The maximum Gasteiger partial charge on any atom is 0.404 e. The summed E-state index contributed by atoms with van der Waals surface area (Å²) in [5.74, 6) is -9.78. The van der Waals surface area contributed by atoms with E-state index < -0.39 is 206 Å². The number of aliphatic hydroxyl groups is 3. The number of amides is 5. The molecule has 0 aromatic heterocycles. The number of aliphatic hydroxyl groups excluding tert-OH is 2. The number of rotatable bonds is 19. The van der Waals surface area contributed by atoms with Crippen molar-refractivity contribution in [2.75, 3.05) is 13.2 Å². The van der Waals surface area contributed by atoms with Crippen LogP contribution in [0, 0.1) is 35.5 Å². The molecule has 0 saturated carbocycles. The fourth-order valence-corrected chi connectivity index (χ4v) is 11.6. The van der Waals surface area contributed by atoms with Crippen molar-refractivity contribution < 1.29 is 120 Å². The Bertz CT molecular complexity index is 2440. The summed E-state index contributed by atoms with van der Waals surface area (Å²) in [5.41, 5.74) is 8.15. The first-order valence-corrected chi connectivity index (χ1v) is 27.5. The van der Waals surface area contributed by atoms with Gasteiger partial charge in [-0.25, -0.2) is 4.79 Å². The third-order valence-corrected chi connectivity index (χ3v) is 16.3. The van der Waals surface area contributed by atoms with E-state index in [0.717, 1.165) is 6.92 Å². The fourth-order valence-electron chi connectivity index (χ4n) is 11.6. The molecule has 83 heavy (non-hydrogen) atoms. The molecular formula is C53H81N5O25. The molecule has 30 nitrogen and oxygen atoms in total. The van der Waals surface area contributed by atoms with E-state index >= 15 is 0 Å². The van der Waals surface area contributed by atoms with E-state index in [1.54, 1.807) is 41.5 Å². The number of primary amides is 2. The molecule has 30 heteroatoms. The van der Waals surface area contributed by atoms with Crippen molar-refractivity contribution in [3.63, 3.8) is 0 Å². The van der Waals surface area contributed by atoms with Gasteiger partial charge in [-0.2, -0.15) is 0 Å². The van der Waals surface area contributed by atoms with Crippen molar-refractivity contribution in [3.8, 4) is 0 Å². The number of nitrogens with one attached hydrogen (secondary N) is 3. The standard InChI is InChI=1S/C53H81N5O25/c1-18-19(2)40(74-28(11)62)50(76-32(18)16-71-27(10)61)72-17-33-38(23(6)35(57-26(9)60)49(77-33)81-42-43(83-52(55)69)53(13,70)44(45(54)66)82-47(42)68)79-48-34(56-25(8)59)22(5)37(24(7)73-48)78-51-41(75-29(12)63)21(4)20(3)39(80-51)46(67)58-36-30(64)14-15-31(36)65/h18-24,32-35,37-44,47-51,64,68,70H,14-17H2,1-13H3,(H2,54,66)(H2,55,69)(H,56,59)(H,57,60)(H,58,67)/t18-,19-,20+,21-,22+,23+,24?,32?,33?,34?,35?,37-,38-,39?,40?,41?,42?,43+,44?,47-,48-,49-,50+,51+,53-/m0/s1. The average Bonchev–Trinajstić information content (AvgIpc) is 3.88. The van der Waals surface area contributed by atoms with Crippen molar-refractivity contribution >= 4 is 53.4 Å². The molecule has 468 valence electrons. The quantitative estimate of drug-likeness (QED) is 0.0568. The molecule has 6 rings (SSSR count). The molecular weight excluding hydrogens is 1110 g/mol. The molecule has 10 N–H and O–H groups in total. The van der Waals surface area contributed by atoms with Gasteiger partial charge in [0.25, 0.3) is 5.91 Å². The Hall–Kier alpha value is -5.67. The lowest BCUT2D eigenvalue weighted by Gasteiger charge is -2.52. The zero-order valence-electron chi connectivity index (χ0n) is 48.7. The number of nitrogens with two attached hydrogens (primary N) is 2. The molecule has 0 aromatic carbocycles. The van der Waals surface area contributed by atoms with E-state index in [2.05, 4.69) is 16.0 Å². The lowest BCUT2D eigenvalue weighted by Crippen LogP contribution is -2.71. The molecule has 0 bridgehead atoms. The lowest BCUT2D eigenvalue weighted by molar-refractivity contribution is -0.369. The van der Waals surface area contributed by atoms with Gasteiger partial charge >= 0.3 is 24.0 Å². The zero-order chi connectivity index (χ0) is 61.8. The van der Waals surface area contributed by atoms with Crippen molar-refractivity contribution in [3.05, 3.63) is 11.5 Å². The highest BCUT2D eigenvalue weighted by Crippen LogP contribution is 2.42. The first-order chi connectivity index (χ1) is 38.7. The van der Waals surface area contributed by atoms with Gasteiger partial charge in [0.15, 0.2) is 67.8 Å². The first-order valence-electron chi connectivity index (χ1n) is 27.5. The van der Waals surface area contributed by atoms with E-state index in [1.165, 1.54) is 34.6 Å². The normalized spacial score (nSPS) is 41.0. The van der Waals surface area contributed by atoms with Gasteiger partial charge in [0.05, 0.1) is 43.1 Å². The van der Waals surface area contributed by atoms with Gasteiger partial charge in [0.1, 0.15) is 35.9 Å². The van der Waals surface area contributed by atoms with E-state index in [4.69, 9.17) is 73.0 Å². The van der Waals surface area contributed by atoms with E-state index in [0.29, 0.717) is 0 Å². The second-order valence-electron chi connectivity index (χ2n) is 22.5. The SMILES string of the molecule is CC(=O)NC1[C@H](O[C@@H]2C(CO[C@@H]3OC(COC(C)=O)[C@@H](C)[C@H](C)C3OC(C)=O)O[C@@H](OC3[C@@H](OC(N)=O)[C@](C)(O)C(C(N)=O)O[C@@H]3O)C(NC(C)=O)[C@H]2C)OC(C)[C@@H](O[C@@H]2OC(C(=O)NC3=C(O)CCC3=O)[C@H](C)[C@H](C)C2OC(C)=O)[C@@H]1C. The predicted molar refractivity (Wildman–Crippen MR) is 276 cm³/mol. The molecule has 0 spiro atoms. The van der Waals surface area contributed by atoms with Gasteiger partial charge < -0.3 is 104 Å². The maximum atomic E-state index is 13.8. The minimum Gasteiger partial charge on any atom is -0.510 e. The van der Waals surface area contributed by atoms with Crippen LogP contribution >= 0.6 is 0 Å². The molecule has 5 aliphatic heterocycles.